The summed E-state index contributed by atoms with van der Waals surface area (Å²) in [4.78, 5) is 38.3. The first-order valence-electron chi connectivity index (χ1n) is 10.0. The van der Waals surface area contributed by atoms with Gasteiger partial charge in [-0.3, -0.25) is 14.4 Å². The normalized spacial score (nSPS) is 12.7. The van der Waals surface area contributed by atoms with Crippen molar-refractivity contribution in [2.24, 2.45) is 0 Å². The predicted molar refractivity (Wildman–Crippen MR) is 116 cm³/mol. The maximum Gasteiger partial charge on any atom is 0.310 e. The summed E-state index contributed by atoms with van der Waals surface area (Å²) in [6.07, 6.45) is 0.317. The van der Waals surface area contributed by atoms with Crippen molar-refractivity contribution < 1.29 is 19.1 Å². The van der Waals surface area contributed by atoms with Gasteiger partial charge in [-0.15, -0.1) is 0 Å². The van der Waals surface area contributed by atoms with Gasteiger partial charge in [0.05, 0.1) is 24.2 Å². The minimum atomic E-state index is -0.483. The number of aryl methyl sites for hydroxylation is 1. The maximum absolute atomic E-state index is 12.5. The lowest BCUT2D eigenvalue weighted by molar-refractivity contribution is -0.141. The first kappa shape index (κ1) is 20.5. The third kappa shape index (κ3) is 3.99. The van der Waals surface area contributed by atoms with Crippen LogP contribution in [0, 0.1) is 13.8 Å². The van der Waals surface area contributed by atoms with Crippen LogP contribution in [-0.2, 0) is 27.2 Å². The number of esters is 1. The number of anilines is 1. The number of nitrogens with zero attached hydrogens (tertiary/aromatic N) is 3. The number of aromatic nitrogens is 2. The highest BCUT2D eigenvalue weighted by atomic mass is 16.5. The van der Waals surface area contributed by atoms with Gasteiger partial charge in [0, 0.05) is 29.6 Å². The molecule has 0 radical (unpaired) electrons. The van der Waals surface area contributed by atoms with Gasteiger partial charge in [0.1, 0.15) is 0 Å². The second-order valence-corrected chi connectivity index (χ2v) is 7.63. The van der Waals surface area contributed by atoms with Crippen LogP contribution in [0.2, 0.25) is 0 Å². The molecule has 7 heteroatoms. The molecule has 0 saturated heterocycles. The Morgan fingerprint density at radius 2 is 1.84 bits per heavy atom. The van der Waals surface area contributed by atoms with Crippen molar-refractivity contribution in [2.75, 3.05) is 18.6 Å². The van der Waals surface area contributed by atoms with E-state index in [1.165, 1.54) is 0 Å². The number of carbonyl (C=O) groups excluding carboxylic acids is 3. The topological polar surface area (TPSA) is 81.5 Å². The number of carbonyl (C=O) groups is 3. The number of hydrogen-bond acceptors (Lipinski definition) is 5. The Hall–Kier alpha value is -3.74. The molecule has 4 rings (SSSR count). The number of ketones is 1. The van der Waals surface area contributed by atoms with Gasteiger partial charge in [-0.2, -0.15) is 5.10 Å². The Balaban J connectivity index is 1.40. The van der Waals surface area contributed by atoms with Gasteiger partial charge < -0.3 is 9.64 Å². The molecule has 2 heterocycles. The van der Waals surface area contributed by atoms with Crippen LogP contribution in [0.4, 0.5) is 5.69 Å². The van der Waals surface area contributed by atoms with E-state index in [2.05, 4.69) is 5.10 Å². The predicted octanol–water partition coefficient (Wildman–Crippen LogP) is 2.98. The smallest absolute Gasteiger partial charge is 0.310 e. The molecule has 0 saturated carbocycles. The van der Waals surface area contributed by atoms with Crippen LogP contribution in [0.3, 0.4) is 0 Å². The standard InChI is InChI=1S/C24H23N3O4/c1-15-20(16(2)27(25-15)19-7-5-4-6-8-19)13-24(30)31-14-22(28)17-9-10-21-18(11-17)12-23(29)26(21)3/h4-11H,12-14H2,1-3H3. The highest BCUT2D eigenvalue weighted by Crippen LogP contribution is 2.28. The van der Waals surface area contributed by atoms with E-state index in [0.29, 0.717) is 5.56 Å². The molecule has 0 spiro atoms. The van der Waals surface area contributed by atoms with Gasteiger partial charge in [-0.25, -0.2) is 4.68 Å². The molecule has 31 heavy (non-hydrogen) atoms. The summed E-state index contributed by atoms with van der Waals surface area (Å²) in [7, 11) is 1.71. The number of fused-ring (bicyclic) bond motifs is 1. The summed E-state index contributed by atoms with van der Waals surface area (Å²) in [6, 6.07) is 14.8. The summed E-state index contributed by atoms with van der Waals surface area (Å²) in [5, 5.41) is 4.53. The van der Waals surface area contributed by atoms with Crippen LogP contribution in [0.1, 0.15) is 32.9 Å². The molecule has 1 aliphatic heterocycles. The van der Waals surface area contributed by atoms with Crippen LogP contribution in [-0.4, -0.2) is 41.1 Å². The zero-order valence-corrected chi connectivity index (χ0v) is 17.7. The van der Waals surface area contributed by atoms with Gasteiger partial charge in [0.25, 0.3) is 0 Å². The average molecular weight is 417 g/mol. The van der Waals surface area contributed by atoms with E-state index in [4.69, 9.17) is 4.74 Å². The number of para-hydroxylation sites is 1. The van der Waals surface area contributed by atoms with E-state index in [-0.39, 0.29) is 31.1 Å². The molecule has 2 aromatic carbocycles. The van der Waals surface area contributed by atoms with Gasteiger partial charge in [-0.1, -0.05) is 18.2 Å². The molecule has 3 aromatic rings. The number of benzene rings is 2. The first-order valence-corrected chi connectivity index (χ1v) is 10.0. The fourth-order valence-corrected chi connectivity index (χ4v) is 3.82. The quantitative estimate of drug-likeness (QED) is 0.455. The molecule has 7 nitrogen and oxygen atoms in total. The summed E-state index contributed by atoms with van der Waals surface area (Å²) < 4.78 is 7.04. The van der Waals surface area contributed by atoms with E-state index in [9.17, 15) is 14.4 Å². The average Bonchev–Trinajstić information content (AvgIpc) is 3.22. The summed E-state index contributed by atoms with van der Waals surface area (Å²) in [5.74, 6) is -0.789. The second kappa shape index (κ2) is 8.18. The molecule has 0 fully saturated rings. The largest absolute Gasteiger partial charge is 0.457 e. The molecule has 1 amide bonds. The van der Waals surface area contributed by atoms with E-state index in [0.717, 1.165) is 33.9 Å². The number of likely N-dealkylation sites (N-methyl/N-ethyl adjacent to an activating group) is 1. The Bertz CT molecular complexity index is 1180. The van der Waals surface area contributed by atoms with E-state index in [1.807, 2.05) is 44.2 Å². The third-order valence-electron chi connectivity index (χ3n) is 5.61. The van der Waals surface area contributed by atoms with Crippen LogP contribution >= 0.6 is 0 Å². The number of rotatable bonds is 6. The van der Waals surface area contributed by atoms with Crippen molar-refractivity contribution in [3.63, 3.8) is 0 Å². The molecule has 0 atom stereocenters. The highest BCUT2D eigenvalue weighted by molar-refractivity contribution is 6.04. The Labute approximate surface area is 180 Å². The summed E-state index contributed by atoms with van der Waals surface area (Å²) >= 11 is 0. The van der Waals surface area contributed by atoms with Crippen molar-refractivity contribution in [2.45, 2.75) is 26.7 Å². The second-order valence-electron chi connectivity index (χ2n) is 7.63. The molecule has 0 aliphatic carbocycles. The molecular weight excluding hydrogens is 394 g/mol. The van der Waals surface area contributed by atoms with Gasteiger partial charge in [-0.05, 0) is 49.7 Å². The maximum atomic E-state index is 12.5. The minimum absolute atomic E-state index is 0.00665. The van der Waals surface area contributed by atoms with Gasteiger partial charge in [0.2, 0.25) is 5.91 Å². The van der Waals surface area contributed by atoms with Crippen molar-refractivity contribution >= 4 is 23.3 Å². The van der Waals surface area contributed by atoms with Crippen LogP contribution in [0.15, 0.2) is 48.5 Å². The molecule has 0 N–H and O–H groups in total. The molecule has 1 aromatic heterocycles. The van der Waals surface area contributed by atoms with Crippen molar-refractivity contribution in [1.82, 2.24) is 9.78 Å². The number of hydrogen-bond donors (Lipinski definition) is 0. The van der Waals surface area contributed by atoms with Crippen molar-refractivity contribution in [3.8, 4) is 5.69 Å². The Morgan fingerprint density at radius 1 is 1.10 bits per heavy atom. The molecule has 158 valence electrons. The van der Waals surface area contributed by atoms with Crippen LogP contribution < -0.4 is 4.90 Å². The van der Waals surface area contributed by atoms with Crippen molar-refractivity contribution in [1.29, 1.82) is 0 Å². The highest BCUT2D eigenvalue weighted by Gasteiger charge is 2.25. The summed E-state index contributed by atoms with van der Waals surface area (Å²) in [6.45, 7) is 3.42. The fraction of sp³-hybridized carbons (Fsp3) is 0.250. The zero-order valence-electron chi connectivity index (χ0n) is 17.7. The minimum Gasteiger partial charge on any atom is -0.457 e. The first-order chi connectivity index (χ1) is 14.8. The van der Waals surface area contributed by atoms with E-state index >= 15 is 0 Å². The van der Waals surface area contributed by atoms with Crippen LogP contribution in [0.25, 0.3) is 5.69 Å². The van der Waals surface area contributed by atoms with Crippen LogP contribution in [0.5, 0.6) is 0 Å². The molecular formula is C24H23N3O4. The third-order valence-corrected chi connectivity index (χ3v) is 5.61. The number of Topliss-reactive ketones (excluding diaryl/α,β-unsaturated/α-hetero) is 1. The monoisotopic (exact) mass is 417 g/mol. The molecule has 1 aliphatic rings. The van der Waals surface area contributed by atoms with E-state index in [1.54, 1.807) is 34.8 Å². The Morgan fingerprint density at radius 3 is 2.58 bits per heavy atom. The lowest BCUT2D eigenvalue weighted by Gasteiger charge is -2.10. The lowest BCUT2D eigenvalue weighted by atomic mass is 10.1. The van der Waals surface area contributed by atoms with Crippen molar-refractivity contribution in [3.05, 3.63) is 76.6 Å². The van der Waals surface area contributed by atoms with E-state index < -0.39 is 5.97 Å². The summed E-state index contributed by atoms with van der Waals surface area (Å²) in [5.41, 5.74) is 5.36. The molecule has 0 unspecified atom stereocenters. The Kier molecular flexibility index (Phi) is 5.42. The lowest BCUT2D eigenvalue weighted by Crippen LogP contribution is -2.20. The molecule has 0 bridgehead atoms. The number of amides is 1. The SMILES string of the molecule is Cc1nn(-c2ccccc2)c(C)c1CC(=O)OCC(=O)c1ccc2c(c1)CC(=O)N2C. The van der Waals surface area contributed by atoms with Gasteiger partial charge in [0.15, 0.2) is 12.4 Å². The zero-order chi connectivity index (χ0) is 22.1. The van der Waals surface area contributed by atoms with Gasteiger partial charge >= 0.3 is 5.97 Å². The fourth-order valence-electron chi connectivity index (χ4n) is 3.82. The number of ether oxygens (including phenoxy) is 1.